The summed E-state index contributed by atoms with van der Waals surface area (Å²) in [6, 6.07) is 1.75. The molecule has 1 atom stereocenters. The maximum atomic E-state index is 9.41. The third-order valence-corrected chi connectivity index (χ3v) is 4.31. The van der Waals surface area contributed by atoms with E-state index in [1.54, 1.807) is 19.2 Å². The van der Waals surface area contributed by atoms with Crippen molar-refractivity contribution in [2.24, 2.45) is 0 Å². The second kappa shape index (κ2) is 5.30. The molecule has 1 N–H and O–H groups in total. The number of halogens is 1. The van der Waals surface area contributed by atoms with Crippen LogP contribution < -0.4 is 5.59 Å². The van der Waals surface area contributed by atoms with Crippen LogP contribution in [0, 0.1) is 0 Å². The Morgan fingerprint density at radius 1 is 1.30 bits per heavy atom. The van der Waals surface area contributed by atoms with E-state index in [0.717, 1.165) is 5.56 Å². The molecule has 1 aliphatic heterocycles. The standard InChI is InChI=1S/C14H21BClNO3/c1-9(18)6-10-8-17-12(7-11(10)16)15-19-13(2,3)14(4,5)20-15/h7-9,18H,6H2,1-5H3. The predicted molar refractivity (Wildman–Crippen MR) is 80.3 cm³/mol. The highest BCUT2D eigenvalue weighted by Gasteiger charge is 2.52. The highest BCUT2D eigenvalue weighted by atomic mass is 35.5. The maximum absolute atomic E-state index is 9.41. The minimum Gasteiger partial charge on any atom is -0.398 e. The molecule has 0 amide bonds. The zero-order valence-electron chi connectivity index (χ0n) is 12.6. The molecule has 1 unspecified atom stereocenters. The number of hydrogen-bond acceptors (Lipinski definition) is 4. The van der Waals surface area contributed by atoms with E-state index in [1.807, 2.05) is 27.7 Å². The molecule has 6 heteroatoms. The molecule has 0 radical (unpaired) electrons. The number of aliphatic hydroxyl groups excluding tert-OH is 1. The normalized spacial score (nSPS) is 22.1. The van der Waals surface area contributed by atoms with Crippen molar-refractivity contribution in [3.05, 3.63) is 22.8 Å². The second-order valence-corrected chi connectivity index (χ2v) is 6.75. The summed E-state index contributed by atoms with van der Waals surface area (Å²) in [7, 11) is -0.516. The topological polar surface area (TPSA) is 51.6 Å². The number of pyridine rings is 1. The quantitative estimate of drug-likeness (QED) is 0.867. The first-order valence-corrected chi connectivity index (χ1v) is 7.18. The molecule has 1 aliphatic rings. The Kier molecular flexibility index (Phi) is 4.18. The van der Waals surface area contributed by atoms with Gasteiger partial charge in [0, 0.05) is 17.6 Å². The van der Waals surface area contributed by atoms with Crippen molar-refractivity contribution in [2.75, 3.05) is 0 Å². The number of rotatable bonds is 3. The summed E-state index contributed by atoms with van der Waals surface area (Å²) in [6.07, 6.45) is 1.71. The summed E-state index contributed by atoms with van der Waals surface area (Å²) in [5.41, 5.74) is 0.679. The molecular weight excluding hydrogens is 276 g/mol. The fourth-order valence-electron chi connectivity index (χ4n) is 2.04. The van der Waals surface area contributed by atoms with E-state index in [-0.39, 0.29) is 0 Å². The van der Waals surface area contributed by atoms with Crippen molar-refractivity contribution >= 4 is 24.3 Å². The molecule has 0 aliphatic carbocycles. The molecule has 20 heavy (non-hydrogen) atoms. The molecule has 2 heterocycles. The Bertz CT molecular complexity index is 489. The van der Waals surface area contributed by atoms with Crippen LogP contribution in [0.1, 0.15) is 40.2 Å². The fourth-order valence-corrected chi connectivity index (χ4v) is 2.27. The molecule has 1 saturated heterocycles. The average molecular weight is 298 g/mol. The molecule has 4 nitrogen and oxygen atoms in total. The van der Waals surface area contributed by atoms with Gasteiger partial charge in [0.2, 0.25) is 0 Å². The summed E-state index contributed by atoms with van der Waals surface area (Å²) < 4.78 is 11.9. The fraction of sp³-hybridized carbons (Fsp3) is 0.643. The van der Waals surface area contributed by atoms with Crippen LogP contribution in [0.5, 0.6) is 0 Å². The average Bonchev–Trinajstić information content (AvgIpc) is 2.50. The van der Waals surface area contributed by atoms with Gasteiger partial charge in [-0.25, -0.2) is 0 Å². The Morgan fingerprint density at radius 2 is 1.85 bits per heavy atom. The van der Waals surface area contributed by atoms with Gasteiger partial charge in [-0.1, -0.05) is 11.6 Å². The van der Waals surface area contributed by atoms with Crippen LogP contribution in [0.25, 0.3) is 0 Å². The van der Waals surface area contributed by atoms with Crippen LogP contribution in [0.3, 0.4) is 0 Å². The SMILES string of the molecule is CC(O)Cc1cnc(B2OC(C)(C)C(C)(C)O2)cc1Cl. The monoisotopic (exact) mass is 297 g/mol. The first kappa shape index (κ1) is 15.8. The summed E-state index contributed by atoms with van der Waals surface area (Å²) >= 11 is 6.23. The molecular formula is C14H21BClNO3. The molecule has 0 bridgehead atoms. The van der Waals surface area contributed by atoms with E-state index in [0.29, 0.717) is 17.0 Å². The van der Waals surface area contributed by atoms with E-state index in [4.69, 9.17) is 20.9 Å². The number of hydrogen-bond donors (Lipinski definition) is 1. The van der Waals surface area contributed by atoms with Crippen molar-refractivity contribution in [1.82, 2.24) is 4.98 Å². The van der Waals surface area contributed by atoms with E-state index in [2.05, 4.69) is 4.98 Å². The van der Waals surface area contributed by atoms with Gasteiger partial charge in [0.25, 0.3) is 0 Å². The third kappa shape index (κ3) is 3.01. The molecule has 0 spiro atoms. The molecule has 0 saturated carbocycles. The van der Waals surface area contributed by atoms with Crippen LogP contribution in [-0.4, -0.2) is 34.5 Å². The van der Waals surface area contributed by atoms with Gasteiger partial charge >= 0.3 is 7.12 Å². The molecule has 1 aromatic heterocycles. The smallest absolute Gasteiger partial charge is 0.398 e. The van der Waals surface area contributed by atoms with Crippen molar-refractivity contribution in [2.45, 2.75) is 58.3 Å². The molecule has 110 valence electrons. The van der Waals surface area contributed by atoms with Crippen LogP contribution in [0.4, 0.5) is 0 Å². The Morgan fingerprint density at radius 3 is 2.30 bits per heavy atom. The van der Waals surface area contributed by atoms with Crippen molar-refractivity contribution in [3.63, 3.8) is 0 Å². The van der Waals surface area contributed by atoms with Crippen LogP contribution >= 0.6 is 11.6 Å². The molecule has 2 rings (SSSR count). The van der Waals surface area contributed by atoms with Gasteiger partial charge in [0.15, 0.2) is 0 Å². The largest absolute Gasteiger partial charge is 0.514 e. The highest BCUT2D eigenvalue weighted by Crippen LogP contribution is 2.36. The minimum atomic E-state index is -0.516. The first-order valence-electron chi connectivity index (χ1n) is 6.80. The van der Waals surface area contributed by atoms with Gasteiger partial charge < -0.3 is 14.4 Å². The van der Waals surface area contributed by atoms with Crippen LogP contribution in [-0.2, 0) is 15.7 Å². The lowest BCUT2D eigenvalue weighted by Gasteiger charge is -2.32. The zero-order valence-corrected chi connectivity index (χ0v) is 13.4. The summed E-state index contributed by atoms with van der Waals surface area (Å²) in [5.74, 6) is 0. The van der Waals surface area contributed by atoms with E-state index in [9.17, 15) is 5.11 Å². The first-order chi connectivity index (χ1) is 9.12. The Balaban J connectivity index is 2.22. The van der Waals surface area contributed by atoms with Gasteiger partial charge in [0.1, 0.15) is 0 Å². The van der Waals surface area contributed by atoms with Crippen molar-refractivity contribution in [3.8, 4) is 0 Å². The third-order valence-electron chi connectivity index (χ3n) is 3.96. The van der Waals surface area contributed by atoms with Gasteiger partial charge in [-0.15, -0.1) is 0 Å². The second-order valence-electron chi connectivity index (χ2n) is 6.34. The van der Waals surface area contributed by atoms with E-state index in [1.165, 1.54) is 0 Å². The number of aromatic nitrogens is 1. The summed E-state index contributed by atoms with van der Waals surface area (Å²) in [6.45, 7) is 9.71. The maximum Gasteiger partial charge on any atom is 0.514 e. The molecule has 1 aromatic rings. The van der Waals surface area contributed by atoms with Gasteiger partial charge in [-0.3, -0.25) is 4.98 Å². The molecule has 0 aromatic carbocycles. The van der Waals surface area contributed by atoms with Gasteiger partial charge in [0.05, 0.1) is 22.9 Å². The van der Waals surface area contributed by atoms with Crippen molar-refractivity contribution < 1.29 is 14.4 Å². The Hall–Kier alpha value is -0.615. The minimum absolute atomic E-state index is 0.399. The molecule has 1 fully saturated rings. The van der Waals surface area contributed by atoms with Gasteiger partial charge in [-0.2, -0.15) is 0 Å². The van der Waals surface area contributed by atoms with Gasteiger partial charge in [-0.05, 0) is 46.2 Å². The lowest BCUT2D eigenvalue weighted by atomic mass is 9.84. The lowest BCUT2D eigenvalue weighted by molar-refractivity contribution is 0.00578. The summed E-state index contributed by atoms with van der Waals surface area (Å²) in [4.78, 5) is 4.36. The van der Waals surface area contributed by atoms with E-state index >= 15 is 0 Å². The number of nitrogens with zero attached hydrogens (tertiary/aromatic N) is 1. The zero-order chi connectivity index (χ0) is 15.1. The lowest BCUT2D eigenvalue weighted by Crippen LogP contribution is -2.41. The summed E-state index contributed by atoms with van der Waals surface area (Å²) in [5, 5.41) is 9.99. The van der Waals surface area contributed by atoms with Crippen LogP contribution in [0.15, 0.2) is 12.3 Å². The van der Waals surface area contributed by atoms with E-state index < -0.39 is 24.4 Å². The predicted octanol–water partition coefficient (Wildman–Crippen LogP) is 1.96. The highest BCUT2D eigenvalue weighted by molar-refractivity contribution is 6.61. The number of aliphatic hydroxyl groups is 1. The Labute approximate surface area is 125 Å². The van der Waals surface area contributed by atoms with Crippen molar-refractivity contribution in [1.29, 1.82) is 0 Å². The van der Waals surface area contributed by atoms with Crippen LogP contribution in [0.2, 0.25) is 5.02 Å².